The Balaban J connectivity index is 1.98. The summed E-state index contributed by atoms with van der Waals surface area (Å²) in [5, 5.41) is 4.34. The highest BCUT2D eigenvalue weighted by molar-refractivity contribution is 6.31. The third-order valence-electron chi connectivity index (χ3n) is 3.45. The normalized spacial score (nSPS) is 10.8. The van der Waals surface area contributed by atoms with Crippen LogP contribution in [-0.4, -0.2) is 5.91 Å². The molecule has 0 spiro atoms. The molecule has 1 amide bonds. The molecule has 0 unspecified atom stereocenters. The van der Waals surface area contributed by atoms with E-state index in [1.807, 2.05) is 32.0 Å². The summed E-state index contributed by atoms with van der Waals surface area (Å²) < 4.78 is 5.75. The van der Waals surface area contributed by atoms with E-state index in [4.69, 9.17) is 16.0 Å². The Bertz CT molecular complexity index is 836. The molecule has 1 aromatic heterocycles. The summed E-state index contributed by atoms with van der Waals surface area (Å²) in [6, 6.07) is 12.9. The van der Waals surface area contributed by atoms with Gasteiger partial charge in [0.1, 0.15) is 5.58 Å². The predicted molar refractivity (Wildman–Crippen MR) is 85.1 cm³/mol. The van der Waals surface area contributed by atoms with E-state index in [1.165, 1.54) is 0 Å². The molecule has 0 bridgehead atoms. The van der Waals surface area contributed by atoms with Gasteiger partial charge in [0.2, 0.25) is 0 Å². The van der Waals surface area contributed by atoms with Gasteiger partial charge in [-0.3, -0.25) is 4.79 Å². The molecule has 2 aromatic carbocycles. The first kappa shape index (κ1) is 13.7. The third-order valence-corrected chi connectivity index (χ3v) is 3.68. The lowest BCUT2D eigenvalue weighted by Gasteiger charge is -2.04. The summed E-state index contributed by atoms with van der Waals surface area (Å²) in [5.74, 6) is 0.0599. The SMILES string of the molecule is Cc1c(C(=O)Nc2cccc(Cl)c2)oc2c(C)cccc12. The Kier molecular flexibility index (Phi) is 3.43. The van der Waals surface area contributed by atoms with Crippen molar-refractivity contribution in [3.8, 4) is 0 Å². The van der Waals surface area contributed by atoms with Crippen LogP contribution in [0.5, 0.6) is 0 Å². The number of para-hydroxylation sites is 1. The Morgan fingerprint density at radius 1 is 1.14 bits per heavy atom. The van der Waals surface area contributed by atoms with E-state index in [1.54, 1.807) is 24.3 Å². The average molecular weight is 300 g/mol. The van der Waals surface area contributed by atoms with Gasteiger partial charge in [-0.1, -0.05) is 35.9 Å². The summed E-state index contributed by atoms with van der Waals surface area (Å²) in [6.07, 6.45) is 0. The van der Waals surface area contributed by atoms with E-state index in [9.17, 15) is 4.79 Å². The molecule has 21 heavy (non-hydrogen) atoms. The lowest BCUT2D eigenvalue weighted by atomic mass is 10.1. The molecular formula is C17H14ClNO2. The summed E-state index contributed by atoms with van der Waals surface area (Å²) in [5.41, 5.74) is 3.25. The van der Waals surface area contributed by atoms with Gasteiger partial charge in [-0.2, -0.15) is 0 Å². The number of rotatable bonds is 2. The largest absolute Gasteiger partial charge is 0.450 e. The van der Waals surface area contributed by atoms with Gasteiger partial charge in [0.05, 0.1) is 0 Å². The second-order valence-corrected chi connectivity index (χ2v) is 5.41. The minimum absolute atomic E-state index is 0.273. The second kappa shape index (κ2) is 5.26. The van der Waals surface area contributed by atoms with E-state index in [-0.39, 0.29) is 5.91 Å². The van der Waals surface area contributed by atoms with Crippen molar-refractivity contribution in [2.45, 2.75) is 13.8 Å². The Morgan fingerprint density at radius 2 is 1.90 bits per heavy atom. The first-order valence-electron chi connectivity index (χ1n) is 6.62. The molecule has 0 fully saturated rings. The Labute approximate surface area is 127 Å². The second-order valence-electron chi connectivity index (χ2n) is 4.97. The van der Waals surface area contributed by atoms with Crippen LogP contribution in [0.15, 0.2) is 46.9 Å². The van der Waals surface area contributed by atoms with Crippen molar-refractivity contribution < 1.29 is 9.21 Å². The van der Waals surface area contributed by atoms with Crippen LogP contribution in [0.4, 0.5) is 5.69 Å². The van der Waals surface area contributed by atoms with Gasteiger partial charge in [-0.25, -0.2) is 0 Å². The molecule has 0 aliphatic rings. The van der Waals surface area contributed by atoms with E-state index in [0.29, 0.717) is 16.5 Å². The van der Waals surface area contributed by atoms with Crippen LogP contribution in [0, 0.1) is 13.8 Å². The first-order chi connectivity index (χ1) is 10.1. The van der Waals surface area contributed by atoms with Gasteiger partial charge in [0, 0.05) is 21.7 Å². The summed E-state index contributed by atoms with van der Waals surface area (Å²) >= 11 is 5.92. The van der Waals surface area contributed by atoms with Crippen LogP contribution in [0.1, 0.15) is 21.7 Å². The number of carbonyl (C=O) groups excluding carboxylic acids is 1. The molecule has 0 radical (unpaired) electrons. The van der Waals surface area contributed by atoms with E-state index >= 15 is 0 Å². The van der Waals surface area contributed by atoms with Crippen molar-refractivity contribution in [1.82, 2.24) is 0 Å². The van der Waals surface area contributed by atoms with Gasteiger partial charge in [0.25, 0.3) is 5.91 Å². The summed E-state index contributed by atoms with van der Waals surface area (Å²) in [7, 11) is 0. The van der Waals surface area contributed by atoms with Crippen LogP contribution in [0.2, 0.25) is 5.02 Å². The monoisotopic (exact) mass is 299 g/mol. The van der Waals surface area contributed by atoms with Crippen LogP contribution >= 0.6 is 11.6 Å². The fraction of sp³-hybridized carbons (Fsp3) is 0.118. The number of carbonyl (C=O) groups is 1. The number of anilines is 1. The average Bonchev–Trinajstić information content (AvgIpc) is 2.78. The topological polar surface area (TPSA) is 42.2 Å². The lowest BCUT2D eigenvalue weighted by Crippen LogP contribution is -2.11. The minimum atomic E-state index is -0.273. The molecule has 3 aromatic rings. The number of hydrogen-bond donors (Lipinski definition) is 1. The molecule has 1 N–H and O–H groups in total. The number of benzene rings is 2. The molecule has 0 atom stereocenters. The zero-order chi connectivity index (χ0) is 15.0. The molecule has 4 heteroatoms. The maximum atomic E-state index is 12.4. The fourth-order valence-electron chi connectivity index (χ4n) is 2.35. The van der Waals surface area contributed by atoms with Gasteiger partial charge < -0.3 is 9.73 Å². The lowest BCUT2D eigenvalue weighted by molar-refractivity contribution is 0.0998. The standard InChI is InChI=1S/C17H14ClNO2/c1-10-5-3-8-14-11(2)16(21-15(10)14)17(20)19-13-7-4-6-12(18)9-13/h3-9H,1-2H3,(H,19,20). The predicted octanol–water partition coefficient (Wildman–Crippen LogP) is 4.96. The first-order valence-corrected chi connectivity index (χ1v) is 6.99. The van der Waals surface area contributed by atoms with E-state index in [0.717, 1.165) is 22.1 Å². The molecule has 1 heterocycles. The maximum absolute atomic E-state index is 12.4. The van der Waals surface area contributed by atoms with Crippen LogP contribution < -0.4 is 5.32 Å². The van der Waals surface area contributed by atoms with E-state index in [2.05, 4.69) is 5.32 Å². The van der Waals surface area contributed by atoms with Gasteiger partial charge in [0.15, 0.2) is 5.76 Å². The molecule has 3 rings (SSSR count). The van der Waals surface area contributed by atoms with Crippen LogP contribution in [-0.2, 0) is 0 Å². The highest BCUT2D eigenvalue weighted by Crippen LogP contribution is 2.28. The number of amides is 1. The fourth-order valence-corrected chi connectivity index (χ4v) is 2.55. The zero-order valence-corrected chi connectivity index (χ0v) is 12.5. The van der Waals surface area contributed by atoms with Crippen molar-refractivity contribution in [3.63, 3.8) is 0 Å². The molecule has 106 valence electrons. The zero-order valence-electron chi connectivity index (χ0n) is 11.7. The van der Waals surface area contributed by atoms with Crippen LogP contribution in [0.25, 0.3) is 11.0 Å². The molecule has 0 saturated heterocycles. The molecule has 0 aliphatic carbocycles. The van der Waals surface area contributed by atoms with Crippen molar-refractivity contribution in [3.05, 3.63) is 64.4 Å². The maximum Gasteiger partial charge on any atom is 0.291 e. The number of halogens is 1. The van der Waals surface area contributed by atoms with Crippen molar-refractivity contribution in [1.29, 1.82) is 0 Å². The molecule has 0 aliphatic heterocycles. The van der Waals surface area contributed by atoms with E-state index < -0.39 is 0 Å². The van der Waals surface area contributed by atoms with Crippen molar-refractivity contribution in [2.24, 2.45) is 0 Å². The van der Waals surface area contributed by atoms with Crippen molar-refractivity contribution >= 4 is 34.2 Å². The highest BCUT2D eigenvalue weighted by Gasteiger charge is 2.18. The number of hydrogen-bond acceptors (Lipinski definition) is 2. The summed E-state index contributed by atoms with van der Waals surface area (Å²) in [4.78, 5) is 12.4. The summed E-state index contributed by atoms with van der Waals surface area (Å²) in [6.45, 7) is 3.85. The number of furan rings is 1. The van der Waals surface area contributed by atoms with Gasteiger partial charge in [-0.15, -0.1) is 0 Å². The number of aryl methyl sites for hydroxylation is 2. The Hall–Kier alpha value is -2.26. The van der Waals surface area contributed by atoms with Gasteiger partial charge >= 0.3 is 0 Å². The molecular weight excluding hydrogens is 286 g/mol. The highest BCUT2D eigenvalue weighted by atomic mass is 35.5. The smallest absolute Gasteiger partial charge is 0.291 e. The van der Waals surface area contributed by atoms with Crippen molar-refractivity contribution in [2.75, 3.05) is 5.32 Å². The quantitative estimate of drug-likeness (QED) is 0.727. The molecule has 0 saturated carbocycles. The molecule has 3 nitrogen and oxygen atoms in total. The van der Waals surface area contributed by atoms with Crippen LogP contribution in [0.3, 0.4) is 0 Å². The number of nitrogens with one attached hydrogen (secondary N) is 1. The Morgan fingerprint density at radius 3 is 2.62 bits per heavy atom. The number of fused-ring (bicyclic) bond motifs is 1. The minimum Gasteiger partial charge on any atom is -0.450 e. The van der Waals surface area contributed by atoms with Gasteiger partial charge in [-0.05, 0) is 37.6 Å². The third kappa shape index (κ3) is 2.52.